The van der Waals surface area contributed by atoms with E-state index in [1.165, 1.54) is 11.3 Å². The van der Waals surface area contributed by atoms with Crippen LogP contribution in [0, 0.1) is 0 Å². The number of nitrogens with zero attached hydrogens (tertiary/aromatic N) is 2. The first-order valence-corrected chi connectivity index (χ1v) is 13.1. The van der Waals surface area contributed by atoms with Gasteiger partial charge < -0.3 is 9.47 Å². The smallest absolute Gasteiger partial charge is 0.274 e. The molecule has 3 aromatic carbocycles. The van der Waals surface area contributed by atoms with Gasteiger partial charge in [-0.05, 0) is 37.1 Å². The van der Waals surface area contributed by atoms with Crippen molar-refractivity contribution < 1.29 is 9.47 Å². The van der Waals surface area contributed by atoms with Gasteiger partial charge in [-0.25, -0.2) is 9.38 Å². The Kier molecular flexibility index (Phi) is 7.14. The van der Waals surface area contributed by atoms with E-state index in [0.29, 0.717) is 28.5 Å². The Morgan fingerprint density at radius 3 is 2.31 bits per heavy atom. The SMILES string of the molecule is CCCCOc1ccc(/C=c2\sc3nc(-c4ccccc4)c(-c4ccccc4)n3c2=O)cc1OCC. The lowest BCUT2D eigenvalue weighted by Crippen LogP contribution is -2.23. The molecule has 0 aliphatic rings. The molecule has 182 valence electrons. The van der Waals surface area contributed by atoms with E-state index in [4.69, 9.17) is 14.5 Å². The molecule has 0 spiro atoms. The fourth-order valence-corrected chi connectivity index (χ4v) is 5.11. The molecule has 0 unspecified atom stereocenters. The Balaban J connectivity index is 1.62. The first-order chi connectivity index (χ1) is 17.7. The summed E-state index contributed by atoms with van der Waals surface area (Å²) in [5.41, 5.74) is 4.36. The summed E-state index contributed by atoms with van der Waals surface area (Å²) in [6, 6.07) is 25.8. The number of ether oxygens (including phenoxy) is 2. The minimum atomic E-state index is -0.0789. The van der Waals surface area contributed by atoms with Crippen LogP contribution in [-0.2, 0) is 0 Å². The number of aromatic nitrogens is 2. The fraction of sp³-hybridized carbons (Fsp3) is 0.200. The summed E-state index contributed by atoms with van der Waals surface area (Å²) >= 11 is 1.40. The van der Waals surface area contributed by atoms with E-state index < -0.39 is 0 Å². The lowest BCUT2D eigenvalue weighted by molar-refractivity contribution is 0.272. The van der Waals surface area contributed by atoms with Crippen LogP contribution < -0.4 is 19.6 Å². The van der Waals surface area contributed by atoms with Gasteiger partial charge in [-0.2, -0.15) is 0 Å². The third-order valence-corrected chi connectivity index (χ3v) is 6.85. The van der Waals surface area contributed by atoms with Gasteiger partial charge in [0.2, 0.25) is 0 Å². The molecule has 0 N–H and O–H groups in total. The second kappa shape index (κ2) is 10.8. The zero-order valence-electron chi connectivity index (χ0n) is 20.4. The maximum atomic E-state index is 13.7. The van der Waals surface area contributed by atoms with Gasteiger partial charge in [0.1, 0.15) is 0 Å². The van der Waals surface area contributed by atoms with Crippen LogP contribution in [0.15, 0.2) is 83.7 Å². The van der Waals surface area contributed by atoms with E-state index in [1.54, 1.807) is 4.40 Å². The zero-order chi connectivity index (χ0) is 24.9. The van der Waals surface area contributed by atoms with Gasteiger partial charge in [-0.15, -0.1) is 0 Å². The molecule has 0 saturated carbocycles. The van der Waals surface area contributed by atoms with E-state index in [2.05, 4.69) is 6.92 Å². The van der Waals surface area contributed by atoms with Crippen LogP contribution in [0.2, 0.25) is 0 Å². The number of benzene rings is 3. The quantitative estimate of drug-likeness (QED) is 0.228. The van der Waals surface area contributed by atoms with Crippen LogP contribution in [0.3, 0.4) is 0 Å². The minimum absolute atomic E-state index is 0.0789. The second-order valence-electron chi connectivity index (χ2n) is 8.42. The lowest BCUT2D eigenvalue weighted by Gasteiger charge is -2.12. The van der Waals surface area contributed by atoms with Crippen molar-refractivity contribution in [2.24, 2.45) is 0 Å². The number of hydrogen-bond acceptors (Lipinski definition) is 5. The molecule has 0 radical (unpaired) electrons. The molecule has 0 bridgehead atoms. The highest BCUT2D eigenvalue weighted by molar-refractivity contribution is 7.15. The normalized spacial score (nSPS) is 11.8. The Hall–Kier alpha value is -3.90. The summed E-state index contributed by atoms with van der Waals surface area (Å²) in [5.74, 6) is 1.41. The number of fused-ring (bicyclic) bond motifs is 1. The number of imidazole rings is 1. The van der Waals surface area contributed by atoms with Crippen molar-refractivity contribution in [3.8, 4) is 34.0 Å². The Morgan fingerprint density at radius 1 is 0.889 bits per heavy atom. The monoisotopic (exact) mass is 496 g/mol. The number of unbranched alkanes of at least 4 members (excludes halogenated alkanes) is 1. The van der Waals surface area contributed by atoms with Gasteiger partial charge in [0, 0.05) is 11.1 Å². The van der Waals surface area contributed by atoms with Crippen molar-refractivity contribution in [3.05, 3.63) is 99.3 Å². The van der Waals surface area contributed by atoms with Gasteiger partial charge in [-0.3, -0.25) is 4.79 Å². The van der Waals surface area contributed by atoms with Gasteiger partial charge >= 0.3 is 0 Å². The van der Waals surface area contributed by atoms with Crippen LogP contribution in [0.25, 0.3) is 33.6 Å². The summed E-state index contributed by atoms with van der Waals surface area (Å²) in [6.45, 7) is 5.27. The Labute approximate surface area is 214 Å². The molecule has 2 aromatic heterocycles. The van der Waals surface area contributed by atoms with Crippen LogP contribution >= 0.6 is 11.3 Å². The van der Waals surface area contributed by atoms with E-state index in [1.807, 2.05) is 91.9 Å². The van der Waals surface area contributed by atoms with Gasteiger partial charge in [0.15, 0.2) is 16.5 Å². The third-order valence-electron chi connectivity index (χ3n) is 5.88. The summed E-state index contributed by atoms with van der Waals surface area (Å²) in [6.07, 6.45) is 3.96. The van der Waals surface area contributed by atoms with E-state index >= 15 is 0 Å². The van der Waals surface area contributed by atoms with Crippen molar-refractivity contribution in [2.45, 2.75) is 26.7 Å². The summed E-state index contributed by atoms with van der Waals surface area (Å²) in [7, 11) is 0. The molecule has 36 heavy (non-hydrogen) atoms. The lowest BCUT2D eigenvalue weighted by atomic mass is 10.1. The topological polar surface area (TPSA) is 52.8 Å². The van der Waals surface area contributed by atoms with E-state index in [-0.39, 0.29) is 5.56 Å². The molecule has 2 heterocycles. The number of rotatable bonds is 9. The molecule has 6 heteroatoms. The highest BCUT2D eigenvalue weighted by Gasteiger charge is 2.20. The van der Waals surface area contributed by atoms with Crippen molar-refractivity contribution in [1.82, 2.24) is 9.38 Å². The predicted octanol–water partition coefficient (Wildman–Crippen LogP) is 6.22. The fourth-order valence-electron chi connectivity index (χ4n) is 4.14. The average Bonchev–Trinajstić information content (AvgIpc) is 3.43. The largest absolute Gasteiger partial charge is 0.490 e. The predicted molar refractivity (Wildman–Crippen MR) is 147 cm³/mol. The van der Waals surface area contributed by atoms with Crippen molar-refractivity contribution in [1.29, 1.82) is 0 Å². The standard InChI is InChI=1S/C30H28N2O3S/c1-3-5-18-35-24-17-16-21(19-25(24)34-4-2)20-26-29(33)32-28(23-14-10-7-11-15-23)27(31-30(32)36-26)22-12-8-6-9-13-22/h6-17,19-20H,3-5,18H2,1-2H3/b26-20-. The molecule has 0 fully saturated rings. The van der Waals surface area contributed by atoms with Crippen molar-refractivity contribution >= 4 is 22.4 Å². The first-order valence-electron chi connectivity index (χ1n) is 12.3. The average molecular weight is 497 g/mol. The molecule has 5 nitrogen and oxygen atoms in total. The first kappa shape index (κ1) is 23.8. The van der Waals surface area contributed by atoms with Crippen molar-refractivity contribution in [2.75, 3.05) is 13.2 Å². The maximum absolute atomic E-state index is 13.7. The van der Waals surface area contributed by atoms with Crippen LogP contribution in [0.5, 0.6) is 11.5 Å². The summed E-state index contributed by atoms with van der Waals surface area (Å²) in [4.78, 5) is 19.2. The highest BCUT2D eigenvalue weighted by Crippen LogP contribution is 2.33. The summed E-state index contributed by atoms with van der Waals surface area (Å²) in [5, 5.41) is 0. The molecular formula is C30H28N2O3S. The maximum Gasteiger partial charge on any atom is 0.274 e. The summed E-state index contributed by atoms with van der Waals surface area (Å²) < 4.78 is 14.1. The zero-order valence-corrected chi connectivity index (χ0v) is 21.3. The van der Waals surface area contributed by atoms with Crippen molar-refractivity contribution in [3.63, 3.8) is 0 Å². The second-order valence-corrected chi connectivity index (χ2v) is 9.43. The number of thiazole rings is 1. The highest BCUT2D eigenvalue weighted by atomic mass is 32.1. The van der Waals surface area contributed by atoms with Crippen LogP contribution in [-0.4, -0.2) is 22.6 Å². The molecule has 5 aromatic rings. The van der Waals surface area contributed by atoms with Gasteiger partial charge in [0.05, 0.1) is 29.1 Å². The van der Waals surface area contributed by atoms with Crippen LogP contribution in [0.1, 0.15) is 32.3 Å². The third kappa shape index (κ3) is 4.77. The van der Waals surface area contributed by atoms with E-state index in [9.17, 15) is 4.79 Å². The molecule has 0 aliphatic carbocycles. The van der Waals surface area contributed by atoms with Gasteiger partial charge in [-0.1, -0.05) is 91.4 Å². The van der Waals surface area contributed by atoms with Gasteiger partial charge in [0.25, 0.3) is 5.56 Å². The molecule has 5 rings (SSSR count). The number of hydrogen-bond donors (Lipinski definition) is 0. The van der Waals surface area contributed by atoms with Crippen LogP contribution in [0.4, 0.5) is 0 Å². The Morgan fingerprint density at radius 2 is 1.61 bits per heavy atom. The molecule has 0 aliphatic heterocycles. The molecular weight excluding hydrogens is 468 g/mol. The molecule has 0 amide bonds. The Bertz CT molecular complexity index is 1570. The molecule has 0 saturated heterocycles. The molecule has 0 atom stereocenters. The minimum Gasteiger partial charge on any atom is -0.490 e. The van der Waals surface area contributed by atoms with E-state index in [0.717, 1.165) is 46.7 Å².